The van der Waals surface area contributed by atoms with Crippen LogP contribution in [0.4, 0.5) is 0 Å². The fourth-order valence-corrected chi connectivity index (χ4v) is 5.00. The Kier molecular flexibility index (Phi) is 4.92. The summed E-state index contributed by atoms with van der Waals surface area (Å²) in [5.41, 5.74) is 0.436. The number of hydrogen-bond acceptors (Lipinski definition) is 3. The first-order valence-corrected chi connectivity index (χ1v) is 9.17. The van der Waals surface area contributed by atoms with Crippen LogP contribution < -0.4 is 5.32 Å². The van der Waals surface area contributed by atoms with Crippen molar-refractivity contribution in [2.45, 2.75) is 88.9 Å². The number of nitrogens with one attached hydrogen (secondary N) is 1. The van der Waals surface area contributed by atoms with E-state index in [9.17, 15) is 0 Å². The van der Waals surface area contributed by atoms with Crippen molar-refractivity contribution in [3.05, 3.63) is 0 Å². The number of methoxy groups -OCH3 is 1. The monoisotopic (exact) mass is 294 g/mol. The van der Waals surface area contributed by atoms with Crippen molar-refractivity contribution in [3.8, 4) is 0 Å². The predicted octanol–water partition coefficient (Wildman–Crippen LogP) is 3.19. The van der Waals surface area contributed by atoms with Gasteiger partial charge >= 0.3 is 0 Å². The highest BCUT2D eigenvalue weighted by molar-refractivity contribution is 5.03. The van der Waals surface area contributed by atoms with E-state index in [1.165, 1.54) is 64.5 Å². The Balaban J connectivity index is 1.73. The lowest BCUT2D eigenvalue weighted by atomic mass is 9.84. The van der Waals surface area contributed by atoms with Crippen LogP contribution in [0.3, 0.4) is 0 Å². The summed E-state index contributed by atoms with van der Waals surface area (Å²) in [6.45, 7) is 7.24. The Hall–Kier alpha value is -0.120. The molecule has 0 aromatic heterocycles. The number of ether oxygens (including phenoxy) is 1. The molecule has 0 aromatic carbocycles. The highest BCUT2D eigenvalue weighted by atomic mass is 16.5. The third-order valence-electron chi connectivity index (χ3n) is 6.33. The van der Waals surface area contributed by atoms with Crippen LogP contribution in [0.25, 0.3) is 0 Å². The largest absolute Gasteiger partial charge is 0.381 e. The molecule has 21 heavy (non-hydrogen) atoms. The van der Waals surface area contributed by atoms with Gasteiger partial charge in [-0.15, -0.1) is 0 Å². The van der Waals surface area contributed by atoms with Crippen LogP contribution in [0, 0.1) is 5.92 Å². The molecule has 3 rings (SSSR count). The molecular formula is C18H34N2O. The summed E-state index contributed by atoms with van der Waals surface area (Å²) in [4.78, 5) is 2.89. The Morgan fingerprint density at radius 3 is 2.57 bits per heavy atom. The second-order valence-electron chi connectivity index (χ2n) is 8.03. The van der Waals surface area contributed by atoms with Crippen LogP contribution in [-0.4, -0.2) is 48.8 Å². The molecule has 1 spiro atoms. The zero-order valence-electron chi connectivity index (χ0n) is 14.2. The maximum absolute atomic E-state index is 5.68. The first-order chi connectivity index (χ1) is 10.1. The molecule has 1 saturated heterocycles. The first kappa shape index (κ1) is 15.8. The van der Waals surface area contributed by atoms with E-state index in [0.717, 1.165) is 12.0 Å². The number of rotatable bonds is 3. The van der Waals surface area contributed by atoms with E-state index >= 15 is 0 Å². The molecule has 3 heteroatoms. The summed E-state index contributed by atoms with van der Waals surface area (Å²) >= 11 is 0. The Morgan fingerprint density at radius 2 is 1.90 bits per heavy atom. The molecule has 0 bridgehead atoms. The van der Waals surface area contributed by atoms with E-state index in [4.69, 9.17) is 4.74 Å². The second-order valence-corrected chi connectivity index (χ2v) is 8.03. The van der Waals surface area contributed by atoms with Crippen LogP contribution in [0.2, 0.25) is 0 Å². The minimum Gasteiger partial charge on any atom is -0.381 e. The SMILES string of the molecule is COC1CCCC(N2CC3(CCCC3)NCC2C(C)C)C1. The predicted molar refractivity (Wildman–Crippen MR) is 87.6 cm³/mol. The zero-order chi connectivity index (χ0) is 14.9. The normalized spacial score (nSPS) is 37.4. The maximum atomic E-state index is 5.68. The zero-order valence-corrected chi connectivity index (χ0v) is 14.2. The summed E-state index contributed by atoms with van der Waals surface area (Å²) in [6, 6.07) is 1.45. The van der Waals surface area contributed by atoms with Gasteiger partial charge in [0.1, 0.15) is 0 Å². The quantitative estimate of drug-likeness (QED) is 0.865. The third kappa shape index (κ3) is 3.30. The van der Waals surface area contributed by atoms with Gasteiger partial charge in [0, 0.05) is 37.8 Å². The summed E-state index contributed by atoms with van der Waals surface area (Å²) in [5, 5.41) is 3.95. The van der Waals surface area contributed by atoms with E-state index in [-0.39, 0.29) is 0 Å². The molecule has 0 amide bonds. The topological polar surface area (TPSA) is 24.5 Å². The molecule has 3 nitrogen and oxygen atoms in total. The van der Waals surface area contributed by atoms with Crippen molar-refractivity contribution >= 4 is 0 Å². The van der Waals surface area contributed by atoms with Crippen molar-refractivity contribution in [2.24, 2.45) is 5.92 Å². The van der Waals surface area contributed by atoms with E-state index < -0.39 is 0 Å². The number of hydrogen-bond donors (Lipinski definition) is 1. The summed E-state index contributed by atoms with van der Waals surface area (Å²) < 4.78 is 5.68. The van der Waals surface area contributed by atoms with E-state index in [2.05, 4.69) is 24.1 Å². The summed E-state index contributed by atoms with van der Waals surface area (Å²) in [6.07, 6.45) is 11.3. The molecule has 3 atom stereocenters. The van der Waals surface area contributed by atoms with Gasteiger partial charge in [0.25, 0.3) is 0 Å². The van der Waals surface area contributed by atoms with E-state index in [1.807, 2.05) is 7.11 Å². The molecule has 1 N–H and O–H groups in total. The van der Waals surface area contributed by atoms with Crippen molar-refractivity contribution in [1.29, 1.82) is 0 Å². The van der Waals surface area contributed by atoms with Crippen molar-refractivity contribution < 1.29 is 4.74 Å². The number of nitrogens with zero attached hydrogens (tertiary/aromatic N) is 1. The van der Waals surface area contributed by atoms with Gasteiger partial charge in [0.15, 0.2) is 0 Å². The van der Waals surface area contributed by atoms with Crippen molar-refractivity contribution in [1.82, 2.24) is 10.2 Å². The van der Waals surface area contributed by atoms with Gasteiger partial charge in [0.2, 0.25) is 0 Å². The molecule has 3 unspecified atom stereocenters. The van der Waals surface area contributed by atoms with Crippen molar-refractivity contribution in [3.63, 3.8) is 0 Å². The lowest BCUT2D eigenvalue weighted by Gasteiger charge is -2.52. The van der Waals surface area contributed by atoms with Crippen LogP contribution in [0.1, 0.15) is 65.2 Å². The second kappa shape index (κ2) is 6.55. The highest BCUT2D eigenvalue weighted by Crippen LogP contribution is 2.37. The van der Waals surface area contributed by atoms with Gasteiger partial charge in [-0.2, -0.15) is 0 Å². The first-order valence-electron chi connectivity index (χ1n) is 9.17. The van der Waals surface area contributed by atoms with Gasteiger partial charge in [-0.05, 0) is 44.4 Å². The molecule has 3 fully saturated rings. The van der Waals surface area contributed by atoms with Crippen LogP contribution >= 0.6 is 0 Å². The molecule has 0 aromatic rings. The van der Waals surface area contributed by atoms with Gasteiger partial charge in [-0.1, -0.05) is 26.7 Å². The fraction of sp³-hybridized carbons (Fsp3) is 1.00. The van der Waals surface area contributed by atoms with E-state index in [0.29, 0.717) is 17.7 Å². The molecule has 3 aliphatic rings. The Morgan fingerprint density at radius 1 is 1.14 bits per heavy atom. The smallest absolute Gasteiger partial charge is 0.0586 e. The standard InChI is InChI=1S/C18H34N2O/c1-14(2)17-12-19-18(9-4-5-10-18)13-20(17)15-7-6-8-16(11-15)21-3/h14-17,19H,4-13H2,1-3H3. The fourth-order valence-electron chi connectivity index (χ4n) is 5.00. The molecular weight excluding hydrogens is 260 g/mol. The summed E-state index contributed by atoms with van der Waals surface area (Å²) in [7, 11) is 1.89. The molecule has 122 valence electrons. The molecule has 2 aliphatic carbocycles. The maximum Gasteiger partial charge on any atom is 0.0586 e. The molecule has 2 saturated carbocycles. The van der Waals surface area contributed by atoms with Crippen LogP contribution in [0.5, 0.6) is 0 Å². The molecule has 0 radical (unpaired) electrons. The van der Waals surface area contributed by atoms with Gasteiger partial charge in [-0.3, -0.25) is 4.90 Å². The average molecular weight is 294 g/mol. The average Bonchev–Trinajstić information content (AvgIpc) is 2.95. The Bertz CT molecular complexity index is 338. The highest BCUT2D eigenvalue weighted by Gasteiger charge is 2.44. The van der Waals surface area contributed by atoms with Gasteiger partial charge in [-0.25, -0.2) is 0 Å². The lowest BCUT2D eigenvalue weighted by molar-refractivity contribution is -0.0256. The van der Waals surface area contributed by atoms with Crippen LogP contribution in [-0.2, 0) is 4.74 Å². The Labute approximate surface area is 130 Å². The minimum absolute atomic E-state index is 0.436. The van der Waals surface area contributed by atoms with Gasteiger partial charge < -0.3 is 10.1 Å². The lowest BCUT2D eigenvalue weighted by Crippen LogP contribution is -2.66. The molecule has 1 heterocycles. The summed E-state index contributed by atoms with van der Waals surface area (Å²) in [5.74, 6) is 0.735. The number of piperazine rings is 1. The molecule has 1 aliphatic heterocycles. The van der Waals surface area contributed by atoms with Crippen LogP contribution in [0.15, 0.2) is 0 Å². The minimum atomic E-state index is 0.436. The third-order valence-corrected chi connectivity index (χ3v) is 6.33. The van der Waals surface area contributed by atoms with Gasteiger partial charge in [0.05, 0.1) is 6.10 Å². The van der Waals surface area contributed by atoms with E-state index in [1.54, 1.807) is 0 Å². The van der Waals surface area contributed by atoms with Crippen molar-refractivity contribution in [2.75, 3.05) is 20.2 Å².